The molecule has 0 fully saturated rings. The number of nitrogens with two attached hydrogens (primary N) is 1. The molecule has 3 heterocycles. The van der Waals surface area contributed by atoms with Gasteiger partial charge in [-0.3, -0.25) is 4.79 Å². The number of alkyl halides is 2. The van der Waals surface area contributed by atoms with E-state index in [4.69, 9.17) is 10.5 Å². The number of hydrogen-bond acceptors (Lipinski definition) is 6. The number of ether oxygens (including phenoxy) is 1. The summed E-state index contributed by atoms with van der Waals surface area (Å²) in [6.07, 6.45) is 0.957. The predicted molar refractivity (Wildman–Crippen MR) is 106 cm³/mol. The zero-order valence-electron chi connectivity index (χ0n) is 16.2. The Labute approximate surface area is 174 Å². The SMILES string of the molecule is COc1cnc(C(=O)Nc2ccc(F)c(C3(C(F)F)Cn4cccc4C(N)=N3)c2)cn1. The number of amides is 1. The van der Waals surface area contributed by atoms with Crippen molar-refractivity contribution in [2.24, 2.45) is 10.7 Å². The second kappa shape index (κ2) is 7.74. The van der Waals surface area contributed by atoms with Gasteiger partial charge in [-0.05, 0) is 30.3 Å². The van der Waals surface area contributed by atoms with Gasteiger partial charge in [0.1, 0.15) is 17.3 Å². The third-order valence-electron chi connectivity index (χ3n) is 4.94. The summed E-state index contributed by atoms with van der Waals surface area (Å²) in [6, 6.07) is 6.65. The van der Waals surface area contributed by atoms with E-state index in [1.165, 1.54) is 30.1 Å². The van der Waals surface area contributed by atoms with E-state index in [-0.39, 0.29) is 35.2 Å². The number of benzene rings is 1. The van der Waals surface area contributed by atoms with Crippen LogP contribution in [0.25, 0.3) is 0 Å². The highest BCUT2D eigenvalue weighted by atomic mass is 19.3. The molecule has 0 bridgehead atoms. The molecule has 8 nitrogen and oxygen atoms in total. The highest BCUT2D eigenvalue weighted by Crippen LogP contribution is 2.40. The maximum absolute atomic E-state index is 14.7. The van der Waals surface area contributed by atoms with E-state index in [1.807, 2.05) is 0 Å². The lowest BCUT2D eigenvalue weighted by Crippen LogP contribution is -2.44. The summed E-state index contributed by atoms with van der Waals surface area (Å²) >= 11 is 0. The van der Waals surface area contributed by atoms with Crippen LogP contribution in [0.3, 0.4) is 0 Å². The van der Waals surface area contributed by atoms with Crippen LogP contribution in [0.4, 0.5) is 18.9 Å². The lowest BCUT2D eigenvalue weighted by Gasteiger charge is -2.34. The molecule has 0 radical (unpaired) electrons. The van der Waals surface area contributed by atoms with Gasteiger partial charge < -0.3 is 20.4 Å². The zero-order chi connectivity index (χ0) is 22.2. The number of aromatic nitrogens is 3. The van der Waals surface area contributed by atoms with Crippen molar-refractivity contribution in [2.45, 2.75) is 18.5 Å². The molecule has 1 aliphatic heterocycles. The Morgan fingerprint density at radius 1 is 1.29 bits per heavy atom. The largest absolute Gasteiger partial charge is 0.480 e. The van der Waals surface area contributed by atoms with Crippen LogP contribution in [0.15, 0.2) is 53.9 Å². The van der Waals surface area contributed by atoms with Crippen LogP contribution in [0, 0.1) is 5.82 Å². The second-order valence-corrected chi connectivity index (χ2v) is 6.84. The summed E-state index contributed by atoms with van der Waals surface area (Å²) in [5, 5.41) is 2.50. The van der Waals surface area contributed by atoms with Gasteiger partial charge in [0.15, 0.2) is 5.54 Å². The van der Waals surface area contributed by atoms with E-state index in [0.29, 0.717) is 5.69 Å². The first-order chi connectivity index (χ1) is 14.8. The normalized spacial score (nSPS) is 17.8. The van der Waals surface area contributed by atoms with Gasteiger partial charge in [-0.15, -0.1) is 0 Å². The minimum Gasteiger partial charge on any atom is -0.480 e. The number of nitrogens with one attached hydrogen (secondary N) is 1. The quantitative estimate of drug-likeness (QED) is 0.647. The van der Waals surface area contributed by atoms with E-state index in [1.54, 1.807) is 18.3 Å². The molecule has 31 heavy (non-hydrogen) atoms. The fourth-order valence-electron chi connectivity index (χ4n) is 3.40. The maximum Gasteiger partial charge on any atom is 0.275 e. The van der Waals surface area contributed by atoms with E-state index in [0.717, 1.165) is 12.1 Å². The summed E-state index contributed by atoms with van der Waals surface area (Å²) in [5.74, 6) is -1.46. The smallest absolute Gasteiger partial charge is 0.275 e. The minimum atomic E-state index is -3.06. The number of fused-ring (bicyclic) bond motifs is 1. The molecular weight excluding hydrogens is 413 g/mol. The third-order valence-corrected chi connectivity index (χ3v) is 4.94. The van der Waals surface area contributed by atoms with Gasteiger partial charge in [-0.25, -0.2) is 28.1 Å². The predicted octanol–water partition coefficient (Wildman–Crippen LogP) is 2.56. The molecular formula is C20H17F3N6O2. The van der Waals surface area contributed by atoms with Gasteiger partial charge in [0.05, 0.1) is 31.7 Å². The molecule has 0 spiro atoms. The summed E-state index contributed by atoms with van der Waals surface area (Å²) < 4.78 is 49.7. The molecule has 1 amide bonds. The van der Waals surface area contributed by atoms with E-state index in [2.05, 4.69) is 20.3 Å². The van der Waals surface area contributed by atoms with Crippen molar-refractivity contribution in [3.63, 3.8) is 0 Å². The highest BCUT2D eigenvalue weighted by molar-refractivity contribution is 6.02. The van der Waals surface area contributed by atoms with Gasteiger partial charge in [0.2, 0.25) is 5.88 Å². The lowest BCUT2D eigenvalue weighted by molar-refractivity contribution is 0.0387. The Kier molecular flexibility index (Phi) is 5.09. The Morgan fingerprint density at radius 3 is 2.77 bits per heavy atom. The van der Waals surface area contributed by atoms with Crippen molar-refractivity contribution in [3.05, 3.63) is 71.7 Å². The van der Waals surface area contributed by atoms with E-state index in [9.17, 15) is 18.0 Å². The number of anilines is 1. The molecule has 4 rings (SSSR count). The van der Waals surface area contributed by atoms with E-state index >= 15 is 0 Å². The Bertz CT molecular complexity index is 1160. The van der Waals surface area contributed by atoms with Crippen molar-refractivity contribution in [3.8, 4) is 5.88 Å². The minimum absolute atomic E-state index is 0.0350. The molecule has 160 valence electrons. The summed E-state index contributed by atoms with van der Waals surface area (Å²) in [6.45, 7) is -0.314. The maximum atomic E-state index is 14.7. The molecule has 1 unspecified atom stereocenters. The Morgan fingerprint density at radius 2 is 2.10 bits per heavy atom. The van der Waals surface area contributed by atoms with Crippen LogP contribution in [0.5, 0.6) is 5.88 Å². The first-order valence-corrected chi connectivity index (χ1v) is 9.10. The number of methoxy groups -OCH3 is 1. The van der Waals surface area contributed by atoms with Gasteiger partial charge in [-0.2, -0.15) is 0 Å². The number of aliphatic imine (C=N–C) groups is 1. The fraction of sp³-hybridized carbons (Fsp3) is 0.200. The van der Waals surface area contributed by atoms with Gasteiger partial charge in [-0.1, -0.05) is 0 Å². The number of amidine groups is 1. The van der Waals surface area contributed by atoms with Crippen LogP contribution in [-0.4, -0.2) is 39.8 Å². The van der Waals surface area contributed by atoms with Crippen molar-refractivity contribution in [1.29, 1.82) is 0 Å². The molecule has 1 aliphatic rings. The monoisotopic (exact) mass is 430 g/mol. The van der Waals surface area contributed by atoms with Crippen LogP contribution in [-0.2, 0) is 12.1 Å². The summed E-state index contributed by atoms with van der Waals surface area (Å²) in [5.41, 5.74) is 3.78. The highest BCUT2D eigenvalue weighted by Gasteiger charge is 2.47. The number of carbonyl (C=O) groups is 1. The van der Waals surface area contributed by atoms with Crippen LogP contribution in [0.1, 0.15) is 21.7 Å². The second-order valence-electron chi connectivity index (χ2n) is 6.84. The van der Waals surface area contributed by atoms with Crippen molar-refractivity contribution >= 4 is 17.4 Å². The summed E-state index contributed by atoms with van der Waals surface area (Å²) in [7, 11) is 1.40. The fourth-order valence-corrected chi connectivity index (χ4v) is 3.40. The van der Waals surface area contributed by atoms with E-state index < -0.39 is 23.7 Å². The average Bonchev–Trinajstić information content (AvgIpc) is 3.24. The standard InChI is InChI=1S/C20H17F3N6O2/c1-31-16-9-25-14(8-26-16)18(30)27-11-4-5-13(21)12(7-11)20(19(22)23)10-29-6-2-3-15(29)17(24)28-20/h2-9,19H,10H2,1H3,(H2,24,28)(H,27,30). The van der Waals surface area contributed by atoms with Gasteiger partial charge in [0.25, 0.3) is 12.3 Å². The van der Waals surface area contributed by atoms with Gasteiger partial charge in [0, 0.05) is 17.4 Å². The molecule has 3 aromatic rings. The van der Waals surface area contributed by atoms with Crippen molar-refractivity contribution < 1.29 is 22.7 Å². The third kappa shape index (κ3) is 3.58. The molecule has 0 saturated carbocycles. The molecule has 0 aliphatic carbocycles. The lowest BCUT2D eigenvalue weighted by atomic mass is 9.88. The number of nitrogens with zero attached hydrogens (tertiary/aromatic N) is 4. The zero-order valence-corrected chi connectivity index (χ0v) is 16.2. The topological polar surface area (TPSA) is 107 Å². The average molecular weight is 430 g/mol. The number of rotatable bonds is 5. The molecule has 1 aromatic carbocycles. The first-order valence-electron chi connectivity index (χ1n) is 9.10. The van der Waals surface area contributed by atoms with Crippen LogP contribution in [0.2, 0.25) is 0 Å². The summed E-state index contributed by atoms with van der Waals surface area (Å²) in [4.78, 5) is 24.2. The number of hydrogen-bond donors (Lipinski definition) is 2. The number of halogens is 3. The number of carbonyl (C=O) groups excluding carboxylic acids is 1. The van der Waals surface area contributed by atoms with Gasteiger partial charge >= 0.3 is 0 Å². The van der Waals surface area contributed by atoms with Crippen molar-refractivity contribution in [1.82, 2.24) is 14.5 Å². The molecule has 3 N–H and O–H groups in total. The molecule has 1 atom stereocenters. The Hall–Kier alpha value is -3.89. The Balaban J connectivity index is 1.69. The molecule has 2 aromatic heterocycles. The molecule has 11 heteroatoms. The first kappa shape index (κ1) is 20.4. The van der Waals surface area contributed by atoms with Crippen LogP contribution < -0.4 is 15.8 Å². The van der Waals surface area contributed by atoms with Crippen molar-refractivity contribution in [2.75, 3.05) is 12.4 Å². The molecule has 0 saturated heterocycles. The van der Waals surface area contributed by atoms with Crippen LogP contribution >= 0.6 is 0 Å².